The zero-order valence-electron chi connectivity index (χ0n) is 13.8. The van der Waals surface area contributed by atoms with Crippen LogP contribution in [0.5, 0.6) is 0 Å². The van der Waals surface area contributed by atoms with Crippen molar-refractivity contribution in [2.24, 2.45) is 7.05 Å². The first-order chi connectivity index (χ1) is 12.7. The Morgan fingerprint density at radius 1 is 1.00 bits per heavy atom. The van der Waals surface area contributed by atoms with Gasteiger partial charge in [0.1, 0.15) is 17.8 Å². The fourth-order valence-electron chi connectivity index (χ4n) is 3.08. The topological polar surface area (TPSA) is 61.4 Å². The van der Waals surface area contributed by atoms with E-state index in [4.69, 9.17) is 9.97 Å². The number of halogens is 1. The van der Waals surface area contributed by atoms with Gasteiger partial charge in [0.2, 0.25) is 5.95 Å². The Balaban J connectivity index is 1.81. The molecular formula is C19H13FN6. The van der Waals surface area contributed by atoms with Gasteiger partial charge in [0.15, 0.2) is 0 Å². The Labute approximate surface area is 147 Å². The van der Waals surface area contributed by atoms with Gasteiger partial charge in [-0.15, -0.1) is 0 Å². The van der Waals surface area contributed by atoms with Gasteiger partial charge >= 0.3 is 0 Å². The minimum atomic E-state index is -0.279. The highest BCUT2D eigenvalue weighted by Crippen LogP contribution is 2.28. The second kappa shape index (κ2) is 5.45. The first-order valence-electron chi connectivity index (χ1n) is 8.07. The summed E-state index contributed by atoms with van der Waals surface area (Å²) in [7, 11) is 1.93. The quantitative estimate of drug-likeness (QED) is 0.492. The zero-order chi connectivity index (χ0) is 17.7. The van der Waals surface area contributed by atoms with Gasteiger partial charge < -0.3 is 4.57 Å². The molecular weight excluding hydrogens is 331 g/mol. The fourth-order valence-corrected chi connectivity index (χ4v) is 3.08. The van der Waals surface area contributed by atoms with Crippen molar-refractivity contribution in [2.45, 2.75) is 0 Å². The molecule has 7 heteroatoms. The van der Waals surface area contributed by atoms with Gasteiger partial charge in [-0.3, -0.25) is 9.55 Å². The van der Waals surface area contributed by atoms with Crippen LogP contribution in [-0.2, 0) is 7.05 Å². The largest absolute Gasteiger partial charge is 0.335 e. The van der Waals surface area contributed by atoms with Crippen LogP contribution >= 0.6 is 0 Å². The van der Waals surface area contributed by atoms with E-state index in [2.05, 4.69) is 9.97 Å². The van der Waals surface area contributed by atoms with Crippen LogP contribution in [0.4, 0.5) is 4.39 Å². The van der Waals surface area contributed by atoms with Crippen molar-refractivity contribution >= 4 is 22.1 Å². The molecule has 0 N–H and O–H groups in total. The molecule has 126 valence electrons. The number of fused-ring (bicyclic) bond motifs is 2. The molecule has 4 aromatic heterocycles. The van der Waals surface area contributed by atoms with E-state index in [0.29, 0.717) is 5.95 Å². The van der Waals surface area contributed by atoms with Crippen LogP contribution in [0, 0.1) is 5.82 Å². The van der Waals surface area contributed by atoms with Crippen LogP contribution in [0.3, 0.4) is 0 Å². The summed E-state index contributed by atoms with van der Waals surface area (Å²) < 4.78 is 17.1. The van der Waals surface area contributed by atoms with Crippen molar-refractivity contribution in [1.82, 2.24) is 29.1 Å². The molecule has 0 fully saturated rings. The number of benzene rings is 1. The van der Waals surface area contributed by atoms with Crippen LogP contribution in [0.15, 0.2) is 61.3 Å². The molecule has 0 saturated carbocycles. The molecule has 6 nitrogen and oxygen atoms in total. The molecule has 0 radical (unpaired) electrons. The van der Waals surface area contributed by atoms with Gasteiger partial charge in [-0.2, -0.15) is 4.98 Å². The minimum absolute atomic E-state index is 0.279. The van der Waals surface area contributed by atoms with Crippen molar-refractivity contribution in [3.63, 3.8) is 0 Å². The lowest BCUT2D eigenvalue weighted by Crippen LogP contribution is -2.03. The standard InChI is InChI=1S/C19H13FN6/c1-25-9-7-14-17(12-2-4-13(20)5-3-12)23-19(24-18(14)25)26-11-22-15-6-8-21-10-16(15)26/h2-11H,1H3. The van der Waals surface area contributed by atoms with Crippen LogP contribution in [0.1, 0.15) is 0 Å². The third-order valence-electron chi connectivity index (χ3n) is 4.40. The average Bonchev–Trinajstić information content (AvgIpc) is 3.26. The minimum Gasteiger partial charge on any atom is -0.335 e. The third kappa shape index (κ3) is 2.17. The summed E-state index contributed by atoms with van der Waals surface area (Å²) in [5.74, 6) is 0.216. The Morgan fingerprint density at radius 3 is 2.69 bits per heavy atom. The Morgan fingerprint density at radius 2 is 1.85 bits per heavy atom. The molecule has 0 aliphatic heterocycles. The highest BCUT2D eigenvalue weighted by Gasteiger charge is 2.15. The number of nitrogens with zero attached hydrogens (tertiary/aromatic N) is 6. The van der Waals surface area contributed by atoms with Gasteiger partial charge in [-0.1, -0.05) is 0 Å². The Bertz CT molecular complexity index is 1250. The lowest BCUT2D eigenvalue weighted by atomic mass is 10.1. The number of rotatable bonds is 2. The van der Waals surface area contributed by atoms with E-state index < -0.39 is 0 Å². The number of aryl methyl sites for hydroxylation is 1. The van der Waals surface area contributed by atoms with E-state index in [-0.39, 0.29) is 5.82 Å². The number of pyridine rings is 1. The van der Waals surface area contributed by atoms with E-state index >= 15 is 0 Å². The van der Waals surface area contributed by atoms with Crippen molar-refractivity contribution in [3.8, 4) is 17.2 Å². The molecule has 0 atom stereocenters. The predicted octanol–water partition coefficient (Wildman–Crippen LogP) is 3.51. The fraction of sp³-hybridized carbons (Fsp3) is 0.0526. The van der Waals surface area contributed by atoms with Crippen LogP contribution in [0.2, 0.25) is 0 Å². The first kappa shape index (κ1) is 14.7. The molecule has 1 aromatic carbocycles. The monoisotopic (exact) mass is 344 g/mol. The number of hydrogen-bond donors (Lipinski definition) is 0. The molecule has 0 unspecified atom stereocenters. The maximum absolute atomic E-state index is 13.3. The van der Waals surface area contributed by atoms with Gasteiger partial charge in [-0.25, -0.2) is 14.4 Å². The second-order valence-corrected chi connectivity index (χ2v) is 6.02. The summed E-state index contributed by atoms with van der Waals surface area (Å²) in [6.07, 6.45) is 7.05. The first-order valence-corrected chi connectivity index (χ1v) is 8.07. The van der Waals surface area contributed by atoms with Gasteiger partial charge in [0.25, 0.3) is 0 Å². The summed E-state index contributed by atoms with van der Waals surface area (Å²) in [5.41, 5.74) is 4.01. The second-order valence-electron chi connectivity index (χ2n) is 6.02. The molecule has 0 bridgehead atoms. The van der Waals surface area contributed by atoms with E-state index in [1.54, 1.807) is 30.9 Å². The molecule has 0 amide bonds. The summed E-state index contributed by atoms with van der Waals surface area (Å²) in [6.45, 7) is 0. The molecule has 26 heavy (non-hydrogen) atoms. The van der Waals surface area contributed by atoms with Crippen molar-refractivity contribution in [3.05, 3.63) is 67.1 Å². The van der Waals surface area contributed by atoms with Crippen molar-refractivity contribution in [1.29, 1.82) is 0 Å². The Kier molecular flexibility index (Phi) is 3.08. The van der Waals surface area contributed by atoms with Gasteiger partial charge in [0, 0.05) is 30.4 Å². The SMILES string of the molecule is Cn1ccc2c(-c3ccc(F)cc3)nc(-n3cnc4ccncc43)nc21. The van der Waals surface area contributed by atoms with Crippen LogP contribution in [-0.4, -0.2) is 29.1 Å². The Hall–Kier alpha value is -3.61. The molecule has 0 spiro atoms. The molecule has 5 rings (SSSR count). The maximum atomic E-state index is 13.3. The van der Waals surface area contributed by atoms with Gasteiger partial charge in [-0.05, 0) is 36.4 Å². The molecule has 0 aliphatic carbocycles. The summed E-state index contributed by atoms with van der Waals surface area (Å²) in [5, 5.41) is 0.908. The number of imidazole rings is 1. The van der Waals surface area contributed by atoms with Crippen molar-refractivity contribution in [2.75, 3.05) is 0 Å². The van der Waals surface area contributed by atoms with E-state index in [9.17, 15) is 4.39 Å². The summed E-state index contributed by atoms with van der Waals surface area (Å²) in [4.78, 5) is 18.0. The predicted molar refractivity (Wildman–Crippen MR) is 96.3 cm³/mol. The highest BCUT2D eigenvalue weighted by atomic mass is 19.1. The summed E-state index contributed by atoms with van der Waals surface area (Å²) in [6, 6.07) is 10.1. The maximum Gasteiger partial charge on any atom is 0.238 e. The molecule has 0 saturated heterocycles. The van der Waals surface area contributed by atoms with E-state index in [0.717, 1.165) is 33.3 Å². The van der Waals surface area contributed by atoms with Gasteiger partial charge in [0.05, 0.1) is 22.9 Å². The molecule has 0 aliphatic rings. The van der Waals surface area contributed by atoms with E-state index in [1.165, 1.54) is 12.1 Å². The number of aromatic nitrogens is 6. The van der Waals surface area contributed by atoms with E-state index in [1.807, 2.05) is 34.5 Å². The lowest BCUT2D eigenvalue weighted by Gasteiger charge is -2.08. The van der Waals surface area contributed by atoms with Crippen LogP contribution < -0.4 is 0 Å². The smallest absolute Gasteiger partial charge is 0.238 e. The highest BCUT2D eigenvalue weighted by molar-refractivity contribution is 5.91. The average molecular weight is 344 g/mol. The lowest BCUT2D eigenvalue weighted by molar-refractivity contribution is 0.628. The zero-order valence-corrected chi connectivity index (χ0v) is 13.8. The molecule has 5 aromatic rings. The normalized spacial score (nSPS) is 11.5. The molecule has 4 heterocycles. The van der Waals surface area contributed by atoms with Crippen molar-refractivity contribution < 1.29 is 4.39 Å². The van der Waals surface area contributed by atoms with Crippen LogP contribution in [0.25, 0.3) is 39.3 Å². The number of hydrogen-bond acceptors (Lipinski definition) is 4. The third-order valence-corrected chi connectivity index (χ3v) is 4.40. The summed E-state index contributed by atoms with van der Waals surface area (Å²) >= 11 is 0.